The minimum Gasteiger partial charge on any atom is -0.550 e. The van der Waals surface area contributed by atoms with Crippen LogP contribution in [0.25, 0.3) is 0 Å². The Bertz CT molecular complexity index is 641. The Morgan fingerprint density at radius 2 is 2.12 bits per heavy atom. The van der Waals surface area contributed by atoms with Crippen molar-refractivity contribution in [1.82, 2.24) is 9.80 Å². The molecule has 4 aliphatic heterocycles. The van der Waals surface area contributed by atoms with Gasteiger partial charge in [-0.25, -0.2) is 4.79 Å². The summed E-state index contributed by atoms with van der Waals surface area (Å²) in [6.07, 6.45) is 3.98. The van der Waals surface area contributed by atoms with Crippen molar-refractivity contribution in [2.24, 2.45) is 11.8 Å². The Balaban J connectivity index is 1.46. The quantitative estimate of drug-likeness (QED) is 0.615. The summed E-state index contributed by atoms with van der Waals surface area (Å²) in [5.41, 5.74) is -0.829. The second kappa shape index (κ2) is 5.72. The third-order valence-electron chi connectivity index (χ3n) is 5.83. The van der Waals surface area contributed by atoms with E-state index in [0.29, 0.717) is 39.1 Å². The average Bonchev–Trinajstić information content (AvgIpc) is 3.23. The van der Waals surface area contributed by atoms with Crippen LogP contribution in [0.15, 0.2) is 12.2 Å². The summed E-state index contributed by atoms with van der Waals surface area (Å²) in [5, 5.41) is 11.5. The van der Waals surface area contributed by atoms with Gasteiger partial charge in [0.05, 0.1) is 25.2 Å². The van der Waals surface area contributed by atoms with E-state index in [0.717, 1.165) is 0 Å². The summed E-state index contributed by atoms with van der Waals surface area (Å²) in [4.78, 5) is 39.6. The molecule has 8 heteroatoms. The summed E-state index contributed by atoms with van der Waals surface area (Å²) in [7, 11) is 0. The van der Waals surface area contributed by atoms with Crippen LogP contribution in [0.1, 0.15) is 19.8 Å². The third-order valence-corrected chi connectivity index (χ3v) is 5.83. The van der Waals surface area contributed by atoms with Gasteiger partial charge in [-0.2, -0.15) is 0 Å². The van der Waals surface area contributed by atoms with Crippen LogP contribution in [0.2, 0.25) is 0 Å². The fourth-order valence-electron chi connectivity index (χ4n) is 4.68. The SMILES string of the molecule is CCOC(=O)N1CCC(N2C[C@]34C=C[C@@H](O3)[C@H](C(=O)[O-])[C@@H]4C2=O)CC1. The number of carbonyl (C=O) groups excluding carboxylic acids is 3. The Morgan fingerprint density at radius 1 is 1.40 bits per heavy atom. The van der Waals surface area contributed by atoms with Crippen molar-refractivity contribution >= 4 is 18.0 Å². The Morgan fingerprint density at radius 3 is 2.76 bits per heavy atom. The van der Waals surface area contributed by atoms with E-state index in [9.17, 15) is 19.5 Å². The number of aliphatic carboxylic acids is 1. The number of carbonyl (C=O) groups is 3. The fourth-order valence-corrected chi connectivity index (χ4v) is 4.68. The first-order valence-electron chi connectivity index (χ1n) is 8.77. The van der Waals surface area contributed by atoms with Crippen molar-refractivity contribution in [3.8, 4) is 0 Å². The smallest absolute Gasteiger partial charge is 0.409 e. The van der Waals surface area contributed by atoms with Crippen molar-refractivity contribution in [2.75, 3.05) is 26.2 Å². The predicted octanol–water partition coefficient (Wildman–Crippen LogP) is -0.861. The number of likely N-dealkylation sites (tertiary alicyclic amines) is 2. The first kappa shape index (κ1) is 16.4. The molecule has 0 unspecified atom stereocenters. The lowest BCUT2D eigenvalue weighted by molar-refractivity contribution is -0.313. The van der Waals surface area contributed by atoms with Crippen LogP contribution in [0.5, 0.6) is 0 Å². The van der Waals surface area contributed by atoms with Crippen LogP contribution < -0.4 is 5.11 Å². The molecule has 2 amide bonds. The van der Waals surface area contributed by atoms with Crippen LogP contribution in [0, 0.1) is 11.8 Å². The van der Waals surface area contributed by atoms with Crippen molar-refractivity contribution in [1.29, 1.82) is 0 Å². The molecule has 4 aliphatic rings. The van der Waals surface area contributed by atoms with Gasteiger partial charge in [0.1, 0.15) is 5.60 Å². The highest BCUT2D eigenvalue weighted by Gasteiger charge is 2.66. The van der Waals surface area contributed by atoms with Crippen molar-refractivity contribution in [3.63, 3.8) is 0 Å². The van der Waals surface area contributed by atoms with Crippen molar-refractivity contribution < 1.29 is 29.0 Å². The van der Waals surface area contributed by atoms with Gasteiger partial charge < -0.3 is 29.2 Å². The molecule has 1 spiro atoms. The minimum absolute atomic E-state index is 0.0170. The normalized spacial score (nSPS) is 36.8. The zero-order valence-electron chi connectivity index (χ0n) is 14.1. The summed E-state index contributed by atoms with van der Waals surface area (Å²) in [6.45, 7) is 3.52. The first-order chi connectivity index (χ1) is 12.0. The topological polar surface area (TPSA) is 99.2 Å². The van der Waals surface area contributed by atoms with Gasteiger partial charge in [-0.15, -0.1) is 0 Å². The van der Waals surface area contributed by atoms with E-state index in [1.54, 1.807) is 22.8 Å². The van der Waals surface area contributed by atoms with E-state index in [1.807, 2.05) is 6.08 Å². The number of fused-ring (bicyclic) bond motifs is 1. The standard InChI is InChI=1S/C17H22N2O6/c1-2-24-16(23)18-7-4-10(5-8-18)19-9-17-6-3-11(25-17)12(15(21)22)13(17)14(19)20/h3,6,10-13H,2,4-5,7-9H2,1H3,(H,21,22)/p-1/t11-,12+,13-,17+/m1/s1. The molecule has 0 saturated carbocycles. The lowest BCUT2D eigenvalue weighted by Crippen LogP contribution is -2.49. The Kier molecular flexibility index (Phi) is 3.75. The van der Waals surface area contributed by atoms with E-state index < -0.39 is 29.5 Å². The molecule has 0 aliphatic carbocycles. The molecule has 25 heavy (non-hydrogen) atoms. The zero-order chi connectivity index (χ0) is 17.8. The van der Waals surface area contributed by atoms with Crippen LogP contribution in [-0.2, 0) is 19.1 Å². The van der Waals surface area contributed by atoms with E-state index in [-0.39, 0.29) is 18.0 Å². The largest absolute Gasteiger partial charge is 0.550 e. The maximum Gasteiger partial charge on any atom is 0.409 e. The van der Waals surface area contributed by atoms with Gasteiger partial charge in [-0.3, -0.25) is 4.79 Å². The van der Waals surface area contributed by atoms with Crippen LogP contribution in [-0.4, -0.2) is 71.8 Å². The molecule has 0 N–H and O–H groups in total. The number of piperidine rings is 1. The zero-order valence-corrected chi connectivity index (χ0v) is 14.1. The number of amides is 2. The molecular weight excluding hydrogens is 328 g/mol. The molecule has 3 saturated heterocycles. The Hall–Kier alpha value is -2.09. The minimum atomic E-state index is -1.23. The van der Waals surface area contributed by atoms with E-state index in [4.69, 9.17) is 9.47 Å². The third kappa shape index (κ3) is 2.34. The molecule has 4 atom stereocenters. The lowest BCUT2D eigenvalue weighted by atomic mass is 9.77. The van der Waals surface area contributed by atoms with Crippen LogP contribution >= 0.6 is 0 Å². The number of ether oxygens (including phenoxy) is 2. The number of nitrogens with zero attached hydrogens (tertiary/aromatic N) is 2. The van der Waals surface area contributed by atoms with Crippen molar-refractivity contribution in [3.05, 3.63) is 12.2 Å². The van der Waals surface area contributed by atoms with Crippen molar-refractivity contribution in [2.45, 2.75) is 37.5 Å². The Labute approximate surface area is 145 Å². The highest BCUT2D eigenvalue weighted by Crippen LogP contribution is 2.52. The second-order valence-corrected chi connectivity index (χ2v) is 7.10. The molecule has 4 rings (SSSR count). The molecule has 0 aromatic rings. The van der Waals surface area contributed by atoms with Gasteiger partial charge in [0.25, 0.3) is 0 Å². The molecule has 4 heterocycles. The average molecular weight is 349 g/mol. The number of hydrogen-bond acceptors (Lipinski definition) is 6. The van der Waals surface area contributed by atoms with Gasteiger partial charge in [0, 0.05) is 31.0 Å². The first-order valence-corrected chi connectivity index (χ1v) is 8.77. The predicted molar refractivity (Wildman–Crippen MR) is 82.1 cm³/mol. The molecule has 136 valence electrons. The monoisotopic (exact) mass is 349 g/mol. The molecule has 0 aromatic carbocycles. The summed E-state index contributed by atoms with van der Waals surface area (Å²) < 4.78 is 10.9. The molecule has 3 fully saturated rings. The molecular formula is C17H21N2O6-. The van der Waals surface area contributed by atoms with E-state index in [2.05, 4.69) is 0 Å². The fraction of sp³-hybridized carbons (Fsp3) is 0.706. The van der Waals surface area contributed by atoms with Crippen LogP contribution in [0.3, 0.4) is 0 Å². The van der Waals surface area contributed by atoms with Gasteiger partial charge in [-0.1, -0.05) is 12.2 Å². The van der Waals surface area contributed by atoms with E-state index >= 15 is 0 Å². The van der Waals surface area contributed by atoms with Gasteiger partial charge >= 0.3 is 6.09 Å². The number of hydrogen-bond donors (Lipinski definition) is 0. The van der Waals surface area contributed by atoms with Crippen LogP contribution in [0.4, 0.5) is 4.79 Å². The number of rotatable bonds is 3. The maximum absolute atomic E-state index is 12.9. The lowest BCUT2D eigenvalue weighted by Gasteiger charge is -2.37. The summed E-state index contributed by atoms with van der Waals surface area (Å²) in [5.74, 6) is -3.01. The summed E-state index contributed by atoms with van der Waals surface area (Å²) >= 11 is 0. The van der Waals surface area contributed by atoms with Gasteiger partial charge in [-0.05, 0) is 19.8 Å². The molecule has 2 bridgehead atoms. The maximum atomic E-state index is 12.9. The highest BCUT2D eigenvalue weighted by molar-refractivity contribution is 5.90. The number of carboxylic acid groups (broad SMARTS) is 1. The van der Waals surface area contributed by atoms with E-state index in [1.165, 1.54) is 0 Å². The van der Waals surface area contributed by atoms with Gasteiger partial charge in [0.15, 0.2) is 0 Å². The summed E-state index contributed by atoms with van der Waals surface area (Å²) in [6, 6.07) is -0.0170. The second-order valence-electron chi connectivity index (χ2n) is 7.10. The highest BCUT2D eigenvalue weighted by atomic mass is 16.6. The number of carboxylic acids is 1. The molecule has 0 radical (unpaired) electrons. The molecule has 8 nitrogen and oxygen atoms in total. The van der Waals surface area contributed by atoms with Gasteiger partial charge in [0.2, 0.25) is 5.91 Å². The molecule has 0 aromatic heterocycles.